The van der Waals surface area contributed by atoms with Crippen LogP contribution in [0.3, 0.4) is 0 Å². The molecule has 1 N–H and O–H groups in total. The van der Waals surface area contributed by atoms with Crippen molar-refractivity contribution in [3.05, 3.63) is 36.5 Å². The van der Waals surface area contributed by atoms with Gasteiger partial charge in [-0.2, -0.15) is 0 Å². The molecule has 0 aromatic carbocycles. The lowest BCUT2D eigenvalue weighted by Crippen LogP contribution is -2.15. The van der Waals surface area contributed by atoms with Gasteiger partial charge in [0.05, 0.1) is 6.61 Å². The molecule has 1 aromatic heterocycles. The van der Waals surface area contributed by atoms with E-state index in [4.69, 9.17) is 4.74 Å². The van der Waals surface area contributed by atoms with Crippen LogP contribution in [0.2, 0.25) is 0 Å². The SMILES string of the molecule is C=CCCCOc1cc(CNC2CC2)ccn1. The van der Waals surface area contributed by atoms with Crippen LogP contribution in [-0.4, -0.2) is 17.6 Å². The number of rotatable bonds is 8. The van der Waals surface area contributed by atoms with Gasteiger partial charge in [-0.3, -0.25) is 0 Å². The molecule has 0 aliphatic heterocycles. The lowest BCUT2D eigenvalue weighted by atomic mass is 10.2. The predicted octanol–water partition coefficient (Wildman–Crippen LogP) is 2.68. The van der Waals surface area contributed by atoms with Crippen LogP contribution in [0.1, 0.15) is 31.2 Å². The second-order valence-corrected chi connectivity index (χ2v) is 4.44. The highest BCUT2D eigenvalue weighted by molar-refractivity contribution is 5.20. The minimum atomic E-state index is 0.707. The summed E-state index contributed by atoms with van der Waals surface area (Å²) in [7, 11) is 0. The maximum atomic E-state index is 5.58. The average molecular weight is 232 g/mol. The Kier molecular flexibility index (Phi) is 4.56. The van der Waals surface area contributed by atoms with Gasteiger partial charge < -0.3 is 10.1 Å². The number of ether oxygens (including phenoxy) is 1. The van der Waals surface area contributed by atoms with Gasteiger partial charge in [-0.1, -0.05) is 6.08 Å². The Morgan fingerprint density at radius 2 is 2.41 bits per heavy atom. The van der Waals surface area contributed by atoms with E-state index in [0.29, 0.717) is 6.61 Å². The third-order valence-electron chi connectivity index (χ3n) is 2.77. The standard InChI is InChI=1S/C14H20N2O/c1-2-3-4-9-17-14-10-12(7-8-15-14)11-16-13-5-6-13/h2,7-8,10,13,16H,1,3-6,9,11H2. The van der Waals surface area contributed by atoms with E-state index >= 15 is 0 Å². The Hall–Kier alpha value is -1.35. The molecular formula is C14H20N2O. The molecule has 0 radical (unpaired) electrons. The first kappa shape index (κ1) is 12.1. The van der Waals surface area contributed by atoms with Crippen LogP contribution in [0.4, 0.5) is 0 Å². The van der Waals surface area contributed by atoms with Crippen molar-refractivity contribution in [2.24, 2.45) is 0 Å². The summed E-state index contributed by atoms with van der Waals surface area (Å²) in [5.74, 6) is 0.726. The van der Waals surface area contributed by atoms with E-state index < -0.39 is 0 Å². The fourth-order valence-corrected chi connectivity index (χ4v) is 1.59. The van der Waals surface area contributed by atoms with Crippen molar-refractivity contribution in [3.63, 3.8) is 0 Å². The summed E-state index contributed by atoms with van der Waals surface area (Å²) < 4.78 is 5.58. The van der Waals surface area contributed by atoms with Crippen LogP contribution >= 0.6 is 0 Å². The first-order chi connectivity index (χ1) is 8.38. The van der Waals surface area contributed by atoms with Crippen LogP contribution in [0.25, 0.3) is 0 Å². The van der Waals surface area contributed by atoms with Gasteiger partial charge in [0.1, 0.15) is 0 Å². The highest BCUT2D eigenvalue weighted by Gasteiger charge is 2.19. The average Bonchev–Trinajstić information content (AvgIpc) is 3.17. The molecule has 0 saturated heterocycles. The van der Waals surface area contributed by atoms with Gasteiger partial charge in [0.2, 0.25) is 5.88 Å². The van der Waals surface area contributed by atoms with Gasteiger partial charge in [-0.05, 0) is 37.3 Å². The van der Waals surface area contributed by atoms with Crippen molar-refractivity contribution >= 4 is 0 Å². The molecule has 1 aliphatic rings. The molecule has 1 heterocycles. The van der Waals surface area contributed by atoms with Gasteiger partial charge in [-0.25, -0.2) is 4.98 Å². The Bertz CT molecular complexity index is 361. The van der Waals surface area contributed by atoms with Crippen LogP contribution in [0, 0.1) is 0 Å². The Labute approximate surface area is 103 Å². The maximum Gasteiger partial charge on any atom is 0.213 e. The number of allylic oxidation sites excluding steroid dienone is 1. The topological polar surface area (TPSA) is 34.1 Å². The van der Waals surface area contributed by atoms with Gasteiger partial charge in [0.15, 0.2) is 0 Å². The summed E-state index contributed by atoms with van der Waals surface area (Å²) in [6.07, 6.45) is 8.34. The Morgan fingerprint density at radius 3 is 3.18 bits per heavy atom. The van der Waals surface area contributed by atoms with Crippen molar-refractivity contribution in [1.29, 1.82) is 0 Å². The quantitative estimate of drug-likeness (QED) is 0.552. The third-order valence-corrected chi connectivity index (χ3v) is 2.77. The first-order valence-electron chi connectivity index (χ1n) is 6.30. The minimum absolute atomic E-state index is 0.707. The second kappa shape index (κ2) is 6.40. The molecule has 0 unspecified atom stereocenters. The summed E-state index contributed by atoms with van der Waals surface area (Å²) in [6, 6.07) is 4.79. The molecule has 1 fully saturated rings. The number of pyridine rings is 1. The molecule has 17 heavy (non-hydrogen) atoms. The highest BCUT2D eigenvalue weighted by Crippen LogP contribution is 2.19. The molecule has 1 aliphatic carbocycles. The van der Waals surface area contributed by atoms with E-state index in [1.807, 2.05) is 24.4 Å². The molecule has 2 rings (SSSR count). The van der Waals surface area contributed by atoms with Gasteiger partial charge in [0, 0.05) is 24.8 Å². The molecule has 0 spiro atoms. The van der Waals surface area contributed by atoms with Gasteiger partial charge in [-0.15, -0.1) is 6.58 Å². The largest absolute Gasteiger partial charge is 0.478 e. The zero-order chi connectivity index (χ0) is 11.9. The van der Waals surface area contributed by atoms with Gasteiger partial charge in [0.25, 0.3) is 0 Å². The second-order valence-electron chi connectivity index (χ2n) is 4.44. The molecule has 3 heteroatoms. The van der Waals surface area contributed by atoms with Crippen LogP contribution < -0.4 is 10.1 Å². The number of nitrogens with zero attached hydrogens (tertiary/aromatic N) is 1. The molecule has 1 saturated carbocycles. The normalized spacial score (nSPS) is 14.6. The molecular weight excluding hydrogens is 212 g/mol. The maximum absolute atomic E-state index is 5.58. The highest BCUT2D eigenvalue weighted by atomic mass is 16.5. The third kappa shape index (κ3) is 4.57. The summed E-state index contributed by atoms with van der Waals surface area (Å²) in [5, 5.41) is 3.48. The minimum Gasteiger partial charge on any atom is -0.478 e. The van der Waals surface area contributed by atoms with E-state index in [1.54, 1.807) is 0 Å². The monoisotopic (exact) mass is 232 g/mol. The molecule has 1 aromatic rings. The lowest BCUT2D eigenvalue weighted by molar-refractivity contribution is 0.300. The number of hydrogen-bond donors (Lipinski definition) is 1. The summed E-state index contributed by atoms with van der Waals surface area (Å²) in [6.45, 7) is 5.31. The molecule has 0 amide bonds. The Balaban J connectivity index is 1.75. The summed E-state index contributed by atoms with van der Waals surface area (Å²) in [4.78, 5) is 4.20. The van der Waals surface area contributed by atoms with Crippen LogP contribution in [-0.2, 0) is 6.54 Å². The van der Waals surface area contributed by atoms with E-state index in [9.17, 15) is 0 Å². The van der Waals surface area contributed by atoms with E-state index in [1.165, 1.54) is 18.4 Å². The van der Waals surface area contributed by atoms with E-state index in [2.05, 4.69) is 16.9 Å². The number of hydrogen-bond acceptors (Lipinski definition) is 3. The fraction of sp³-hybridized carbons (Fsp3) is 0.500. The van der Waals surface area contributed by atoms with Crippen molar-refractivity contribution in [1.82, 2.24) is 10.3 Å². The number of nitrogens with one attached hydrogen (secondary N) is 1. The Morgan fingerprint density at radius 1 is 1.53 bits per heavy atom. The first-order valence-corrected chi connectivity index (χ1v) is 6.30. The van der Waals surface area contributed by atoms with Crippen molar-refractivity contribution in [2.45, 2.75) is 38.3 Å². The van der Waals surface area contributed by atoms with Crippen molar-refractivity contribution in [3.8, 4) is 5.88 Å². The van der Waals surface area contributed by atoms with Crippen molar-refractivity contribution < 1.29 is 4.74 Å². The zero-order valence-corrected chi connectivity index (χ0v) is 10.2. The lowest BCUT2D eigenvalue weighted by Gasteiger charge is -2.07. The van der Waals surface area contributed by atoms with E-state index in [-0.39, 0.29) is 0 Å². The number of aromatic nitrogens is 1. The smallest absolute Gasteiger partial charge is 0.213 e. The zero-order valence-electron chi connectivity index (χ0n) is 10.2. The summed E-state index contributed by atoms with van der Waals surface area (Å²) in [5.41, 5.74) is 1.24. The molecule has 0 bridgehead atoms. The van der Waals surface area contributed by atoms with Gasteiger partial charge >= 0.3 is 0 Å². The molecule has 92 valence electrons. The molecule has 0 atom stereocenters. The fourth-order valence-electron chi connectivity index (χ4n) is 1.59. The van der Waals surface area contributed by atoms with Crippen LogP contribution in [0.5, 0.6) is 5.88 Å². The van der Waals surface area contributed by atoms with Crippen LogP contribution in [0.15, 0.2) is 31.0 Å². The van der Waals surface area contributed by atoms with Crippen molar-refractivity contribution in [2.75, 3.05) is 6.61 Å². The van der Waals surface area contributed by atoms with E-state index in [0.717, 1.165) is 31.3 Å². The molecule has 3 nitrogen and oxygen atoms in total. The predicted molar refractivity (Wildman–Crippen MR) is 69.0 cm³/mol. The number of unbranched alkanes of at least 4 members (excludes halogenated alkanes) is 1. The summed E-state index contributed by atoms with van der Waals surface area (Å²) >= 11 is 0.